The molecule has 11 heteroatoms. The summed E-state index contributed by atoms with van der Waals surface area (Å²) < 4.78 is 13.5. The zero-order valence-corrected chi connectivity index (χ0v) is 24.1. The van der Waals surface area contributed by atoms with E-state index in [1.165, 1.54) is 17.0 Å². The average Bonchev–Trinajstić information content (AvgIpc) is 3.37. The number of aliphatic hydroxyl groups excluding tert-OH is 1. The fraction of sp³-hybridized carbons (Fsp3) is 0.484. The summed E-state index contributed by atoms with van der Waals surface area (Å²) in [4.78, 5) is 57.2. The number of carbonyl (C=O) groups excluding carboxylic acids is 4. The Morgan fingerprint density at radius 1 is 0.976 bits per heavy atom. The molecule has 0 radical (unpaired) electrons. The van der Waals surface area contributed by atoms with E-state index in [0.717, 1.165) is 11.1 Å². The fourth-order valence-electron chi connectivity index (χ4n) is 5.44. The van der Waals surface area contributed by atoms with Gasteiger partial charge in [0.1, 0.15) is 23.9 Å². The normalized spacial score (nSPS) is 25.5. The predicted molar refractivity (Wildman–Crippen MR) is 154 cm³/mol. The van der Waals surface area contributed by atoms with Gasteiger partial charge in [0.25, 0.3) is 0 Å². The Labute approximate surface area is 245 Å². The van der Waals surface area contributed by atoms with E-state index >= 15 is 0 Å². The number of fused-ring (bicyclic) bond motifs is 1. The Morgan fingerprint density at radius 3 is 2.38 bits per heavy atom. The van der Waals surface area contributed by atoms with Crippen LogP contribution in [0, 0.1) is 11.7 Å². The highest BCUT2D eigenvalue weighted by Crippen LogP contribution is 2.22. The Hall–Kier alpha value is -3.83. The molecule has 2 aliphatic rings. The van der Waals surface area contributed by atoms with Crippen molar-refractivity contribution in [2.45, 2.75) is 63.9 Å². The lowest BCUT2D eigenvalue weighted by molar-refractivity contribution is -0.143. The summed E-state index contributed by atoms with van der Waals surface area (Å²) >= 11 is 0. The summed E-state index contributed by atoms with van der Waals surface area (Å²) in [5.41, 5.74) is 1.63. The number of nitrogens with one attached hydrogen (secondary N) is 3. The van der Waals surface area contributed by atoms with Crippen molar-refractivity contribution < 1.29 is 28.7 Å². The van der Waals surface area contributed by atoms with Gasteiger partial charge in [-0.05, 0) is 29.2 Å². The maximum atomic E-state index is 13.8. The van der Waals surface area contributed by atoms with Crippen molar-refractivity contribution >= 4 is 23.6 Å². The molecule has 42 heavy (non-hydrogen) atoms. The monoisotopic (exact) mass is 581 g/mol. The molecule has 0 spiro atoms. The lowest BCUT2D eigenvalue weighted by atomic mass is 9.97. The first-order valence-corrected chi connectivity index (χ1v) is 14.5. The summed E-state index contributed by atoms with van der Waals surface area (Å²) in [5, 5.41) is 19.0. The third-order valence-electron chi connectivity index (χ3n) is 7.99. The summed E-state index contributed by atoms with van der Waals surface area (Å²) in [6, 6.07) is 12.4. The van der Waals surface area contributed by atoms with Crippen molar-refractivity contribution in [3.05, 3.63) is 71.5 Å². The number of rotatable bonds is 6. The van der Waals surface area contributed by atoms with Crippen molar-refractivity contribution in [3.63, 3.8) is 0 Å². The van der Waals surface area contributed by atoms with Crippen LogP contribution in [0.15, 0.2) is 54.6 Å². The highest BCUT2D eigenvalue weighted by atomic mass is 19.1. The van der Waals surface area contributed by atoms with Crippen LogP contribution in [-0.2, 0) is 32.1 Å². The highest BCUT2D eigenvalue weighted by molar-refractivity contribution is 5.95. The van der Waals surface area contributed by atoms with Gasteiger partial charge in [0, 0.05) is 39.0 Å². The van der Waals surface area contributed by atoms with Crippen molar-refractivity contribution in [2.24, 2.45) is 5.92 Å². The molecule has 2 aromatic rings. The summed E-state index contributed by atoms with van der Waals surface area (Å²) in [5.74, 6) is -2.37. The van der Waals surface area contributed by atoms with Crippen LogP contribution in [0.25, 0.3) is 0 Å². The van der Waals surface area contributed by atoms with E-state index in [-0.39, 0.29) is 50.1 Å². The molecule has 5 atom stereocenters. The second-order valence-electron chi connectivity index (χ2n) is 11.2. The number of hydrogen-bond donors (Lipinski definition) is 4. The zero-order valence-electron chi connectivity index (χ0n) is 24.1. The molecule has 0 aliphatic carbocycles. The van der Waals surface area contributed by atoms with Crippen LogP contribution in [0.4, 0.5) is 4.39 Å². The molecule has 4 amide bonds. The van der Waals surface area contributed by atoms with Crippen LogP contribution in [0.2, 0.25) is 0 Å². The Balaban J connectivity index is 1.64. The number of benzene rings is 2. The summed E-state index contributed by atoms with van der Waals surface area (Å²) in [6.07, 6.45) is -0.0503. The van der Waals surface area contributed by atoms with E-state index in [1.54, 1.807) is 12.1 Å². The van der Waals surface area contributed by atoms with Crippen LogP contribution >= 0.6 is 0 Å². The van der Waals surface area contributed by atoms with Crippen LogP contribution in [0.3, 0.4) is 0 Å². The molecule has 2 aromatic carbocycles. The third kappa shape index (κ3) is 8.13. The molecular formula is C31H40FN5O5. The second-order valence-corrected chi connectivity index (χ2v) is 11.2. The molecule has 0 bridgehead atoms. The van der Waals surface area contributed by atoms with Crippen LogP contribution in [0.5, 0.6) is 0 Å². The molecule has 2 fully saturated rings. The Morgan fingerprint density at radius 2 is 1.69 bits per heavy atom. The van der Waals surface area contributed by atoms with Crippen molar-refractivity contribution in [3.8, 4) is 0 Å². The minimum Gasteiger partial charge on any atom is -0.391 e. The molecule has 4 rings (SSSR count). The SMILES string of the molecule is CC[C@H](C)[C@@H]1NC(=O)CN(Cc2ccc(F)cc2)CCNC(=O)[C@H](Cc2ccccc2)NC(=O)[C@@H]2C[C@@H](O)CN2C1=O. The molecule has 2 saturated heterocycles. The number of halogens is 1. The van der Waals surface area contributed by atoms with Gasteiger partial charge in [-0.2, -0.15) is 0 Å². The first kappa shape index (κ1) is 31.1. The molecule has 2 heterocycles. The Bertz CT molecular complexity index is 1240. The van der Waals surface area contributed by atoms with E-state index in [9.17, 15) is 28.7 Å². The van der Waals surface area contributed by atoms with E-state index < -0.39 is 42.0 Å². The lowest BCUT2D eigenvalue weighted by Gasteiger charge is -2.32. The minimum absolute atomic E-state index is 0.0316. The molecular weight excluding hydrogens is 541 g/mol. The van der Waals surface area contributed by atoms with Gasteiger partial charge in [-0.3, -0.25) is 24.1 Å². The summed E-state index contributed by atoms with van der Waals surface area (Å²) in [7, 11) is 0. The van der Waals surface area contributed by atoms with Crippen LogP contribution in [0.1, 0.15) is 37.8 Å². The van der Waals surface area contributed by atoms with Gasteiger partial charge >= 0.3 is 0 Å². The van der Waals surface area contributed by atoms with E-state index in [1.807, 2.05) is 49.1 Å². The average molecular weight is 582 g/mol. The largest absolute Gasteiger partial charge is 0.391 e. The lowest BCUT2D eigenvalue weighted by Crippen LogP contribution is -2.58. The standard InChI is InChI=1S/C31H40FN5O5/c1-3-20(2)28-31(42)37-18-24(38)16-26(37)30(41)34-25(15-21-7-5-4-6-8-21)29(40)33-13-14-36(19-27(39)35-28)17-22-9-11-23(32)12-10-22/h4-12,20,24-26,28,38H,3,13-19H2,1-2H3,(H,33,40)(H,34,41)(H,35,39)/t20-,24+,25-,26-,28-/m0/s1. The number of carbonyl (C=O) groups is 4. The van der Waals surface area contributed by atoms with Crippen molar-refractivity contribution in [2.75, 3.05) is 26.2 Å². The maximum absolute atomic E-state index is 13.8. The van der Waals surface area contributed by atoms with Gasteiger partial charge in [0.2, 0.25) is 23.6 Å². The second kappa shape index (κ2) is 14.4. The maximum Gasteiger partial charge on any atom is 0.246 e. The van der Waals surface area contributed by atoms with E-state index in [4.69, 9.17) is 0 Å². The predicted octanol–water partition coefficient (Wildman–Crippen LogP) is 0.978. The molecule has 4 N–H and O–H groups in total. The van der Waals surface area contributed by atoms with E-state index in [0.29, 0.717) is 19.5 Å². The number of amides is 4. The smallest absolute Gasteiger partial charge is 0.246 e. The van der Waals surface area contributed by atoms with Crippen molar-refractivity contribution in [1.29, 1.82) is 0 Å². The number of nitrogens with zero attached hydrogens (tertiary/aromatic N) is 2. The van der Waals surface area contributed by atoms with Gasteiger partial charge in [0.15, 0.2) is 0 Å². The van der Waals surface area contributed by atoms with Gasteiger partial charge in [-0.25, -0.2) is 4.39 Å². The molecule has 2 aliphatic heterocycles. The van der Waals surface area contributed by atoms with Gasteiger partial charge in [-0.15, -0.1) is 0 Å². The molecule has 226 valence electrons. The molecule has 0 aromatic heterocycles. The first-order chi connectivity index (χ1) is 20.1. The number of aliphatic hydroxyl groups is 1. The van der Waals surface area contributed by atoms with Gasteiger partial charge < -0.3 is 26.0 Å². The van der Waals surface area contributed by atoms with Gasteiger partial charge in [0.05, 0.1) is 12.6 Å². The molecule has 0 unspecified atom stereocenters. The number of hydrogen-bond acceptors (Lipinski definition) is 6. The topological polar surface area (TPSA) is 131 Å². The van der Waals surface area contributed by atoms with Gasteiger partial charge in [-0.1, -0.05) is 62.7 Å². The third-order valence-corrected chi connectivity index (χ3v) is 7.99. The summed E-state index contributed by atoms with van der Waals surface area (Å²) in [6.45, 7) is 4.45. The van der Waals surface area contributed by atoms with Crippen molar-refractivity contribution in [1.82, 2.24) is 25.8 Å². The quantitative estimate of drug-likeness (QED) is 0.402. The zero-order chi connectivity index (χ0) is 30.2. The van der Waals surface area contributed by atoms with Crippen LogP contribution < -0.4 is 16.0 Å². The fourth-order valence-corrected chi connectivity index (χ4v) is 5.44. The minimum atomic E-state index is -0.984. The van der Waals surface area contributed by atoms with Crippen LogP contribution in [-0.4, -0.2) is 88.9 Å². The Kier molecular flexibility index (Phi) is 10.6. The first-order valence-electron chi connectivity index (χ1n) is 14.5. The molecule has 10 nitrogen and oxygen atoms in total. The highest BCUT2D eigenvalue weighted by Gasteiger charge is 2.43. The molecule has 0 saturated carbocycles. The van der Waals surface area contributed by atoms with E-state index in [2.05, 4.69) is 16.0 Å².